The van der Waals surface area contributed by atoms with Crippen molar-refractivity contribution in [3.05, 3.63) is 150 Å². The molecule has 6 nitrogen and oxygen atoms in total. The van der Waals surface area contributed by atoms with Gasteiger partial charge in [0.2, 0.25) is 5.71 Å². The van der Waals surface area contributed by atoms with E-state index in [0.717, 1.165) is 44.5 Å². The SMILES string of the molecule is CC(C)c1cc2ccccc2c(C(C)C)c1-n1c(-c2[c-]ccc3c2oc2nc(C#N)ccc23)nc2ccccc21.Cc1c[c-]c(-c2ccc([Si](C)(C)C)cn2)cc1.[Ir]. The molecule has 0 aliphatic carbocycles. The molecule has 5 aromatic carbocycles. The largest absolute Gasteiger partial charge is 0.486 e. The Balaban J connectivity index is 0.000000240. The van der Waals surface area contributed by atoms with E-state index in [1.165, 1.54) is 38.3 Å². The zero-order valence-electron chi connectivity index (χ0n) is 34.1. The topological polar surface area (TPSA) is 80.5 Å². The van der Waals surface area contributed by atoms with Crippen LogP contribution in [0.15, 0.2) is 120 Å². The smallest absolute Gasteiger partial charge is 0.217 e. The molecule has 58 heavy (non-hydrogen) atoms. The van der Waals surface area contributed by atoms with Gasteiger partial charge in [0.25, 0.3) is 0 Å². The molecule has 9 aromatic rings. The third-order valence-corrected chi connectivity index (χ3v) is 12.6. The number of rotatable bonds is 6. The van der Waals surface area contributed by atoms with Crippen LogP contribution >= 0.6 is 0 Å². The van der Waals surface area contributed by atoms with Gasteiger partial charge in [-0.1, -0.05) is 114 Å². The van der Waals surface area contributed by atoms with Gasteiger partial charge in [0, 0.05) is 37.4 Å². The number of aromatic nitrogens is 4. The summed E-state index contributed by atoms with van der Waals surface area (Å²) in [6.07, 6.45) is 2.02. The van der Waals surface area contributed by atoms with Crippen LogP contribution in [0.4, 0.5) is 0 Å². The van der Waals surface area contributed by atoms with E-state index in [0.29, 0.717) is 17.0 Å². The first-order valence-corrected chi connectivity index (χ1v) is 23.1. The second-order valence-corrected chi connectivity index (χ2v) is 21.4. The summed E-state index contributed by atoms with van der Waals surface area (Å²) < 4.78 is 8.65. The molecule has 0 saturated carbocycles. The van der Waals surface area contributed by atoms with E-state index < -0.39 is 8.07 Å². The second kappa shape index (κ2) is 16.3. The zero-order valence-corrected chi connectivity index (χ0v) is 37.5. The fourth-order valence-electron chi connectivity index (χ4n) is 7.59. The van der Waals surface area contributed by atoms with Gasteiger partial charge in [-0.25, -0.2) is 4.98 Å². The number of nitrogens with zero attached hydrogens (tertiary/aromatic N) is 5. The van der Waals surface area contributed by atoms with Gasteiger partial charge >= 0.3 is 0 Å². The Kier molecular flexibility index (Phi) is 11.4. The van der Waals surface area contributed by atoms with Gasteiger partial charge in [-0.05, 0) is 74.9 Å². The maximum absolute atomic E-state index is 9.39. The van der Waals surface area contributed by atoms with Crippen LogP contribution in [0.3, 0.4) is 0 Å². The van der Waals surface area contributed by atoms with E-state index >= 15 is 0 Å². The van der Waals surface area contributed by atoms with E-state index in [1.807, 2.05) is 36.5 Å². The minimum Gasteiger partial charge on any atom is -0.486 e. The Labute approximate surface area is 355 Å². The number of furan rings is 1. The summed E-state index contributed by atoms with van der Waals surface area (Å²) >= 11 is 0. The van der Waals surface area contributed by atoms with E-state index in [9.17, 15) is 5.26 Å². The number of nitriles is 1. The number of hydrogen-bond acceptors (Lipinski definition) is 5. The number of aryl methyl sites for hydroxylation is 1. The van der Waals surface area contributed by atoms with Crippen LogP contribution in [-0.2, 0) is 20.1 Å². The number of imidazole rings is 1. The predicted molar refractivity (Wildman–Crippen MR) is 237 cm³/mol. The summed E-state index contributed by atoms with van der Waals surface area (Å²) in [7, 11) is -1.24. The van der Waals surface area contributed by atoms with Crippen molar-refractivity contribution in [3.63, 3.8) is 0 Å². The van der Waals surface area contributed by atoms with E-state index in [4.69, 9.17) is 9.40 Å². The first kappa shape index (κ1) is 40.5. The van der Waals surface area contributed by atoms with Crippen molar-refractivity contribution >= 4 is 57.1 Å². The van der Waals surface area contributed by atoms with Gasteiger partial charge < -0.3 is 14.0 Å². The summed E-state index contributed by atoms with van der Waals surface area (Å²) in [5.74, 6) is 1.32. The normalized spacial score (nSPS) is 11.6. The summed E-state index contributed by atoms with van der Waals surface area (Å²) in [6, 6.07) is 46.1. The molecule has 1 radical (unpaired) electrons. The maximum atomic E-state index is 9.39. The van der Waals surface area contributed by atoms with E-state index in [1.54, 1.807) is 6.07 Å². The summed E-state index contributed by atoms with van der Waals surface area (Å²) in [5, 5.41) is 15.1. The molecule has 0 bridgehead atoms. The Bertz CT molecular complexity index is 2970. The average molecular weight is 952 g/mol. The number of fused-ring (bicyclic) bond motifs is 5. The van der Waals surface area contributed by atoms with Crippen LogP contribution in [0.2, 0.25) is 19.6 Å². The monoisotopic (exact) mass is 952 g/mol. The molecule has 8 heteroatoms. The van der Waals surface area contributed by atoms with E-state index in [2.05, 4.69) is 160 Å². The van der Waals surface area contributed by atoms with Gasteiger partial charge in [-0.2, -0.15) is 5.26 Å². The van der Waals surface area contributed by atoms with Crippen molar-refractivity contribution in [2.45, 2.75) is 66.1 Å². The number of benzene rings is 5. The molecule has 0 atom stereocenters. The Morgan fingerprint density at radius 3 is 2.26 bits per heavy atom. The molecule has 0 amide bonds. The Hall–Kier alpha value is -5.71. The molecule has 0 unspecified atom stereocenters. The standard InChI is InChI=1S/C35H27N4O.C15H18NSi.Ir/c1-20(2)28-18-22-10-5-6-11-24(22)31(21(3)4)32(28)39-30-15-8-7-14-29(30)38-34(39)27-13-9-12-25-26-17-16-23(19-36)37-35(26)40-33(25)27;1-12-5-7-13(8-6-12)15-10-9-14(11-16-15)17(2,3)4;/h5-12,14-18,20-21H,1-4H3;5-7,9-11H,1-4H3;/q2*-1;. The Morgan fingerprint density at radius 1 is 0.793 bits per heavy atom. The molecular formula is C50H45IrN5OSi-2. The summed E-state index contributed by atoms with van der Waals surface area (Å²) in [5.41, 5.74) is 11.2. The minimum atomic E-state index is -1.24. The predicted octanol–water partition coefficient (Wildman–Crippen LogP) is 12.5. The molecule has 0 N–H and O–H groups in total. The van der Waals surface area contributed by atoms with Crippen LogP contribution in [0, 0.1) is 30.4 Å². The molecular weight excluding hydrogens is 907 g/mol. The molecule has 4 heterocycles. The summed E-state index contributed by atoms with van der Waals surface area (Å²) in [4.78, 5) is 14.2. The molecule has 0 aliphatic heterocycles. The van der Waals surface area contributed by atoms with Gasteiger partial charge in [-0.15, -0.1) is 53.6 Å². The van der Waals surface area contributed by atoms with Gasteiger partial charge in [0.1, 0.15) is 11.8 Å². The molecule has 0 aliphatic rings. The van der Waals surface area contributed by atoms with E-state index in [-0.39, 0.29) is 31.9 Å². The first-order chi connectivity index (χ1) is 27.4. The van der Waals surface area contributed by atoms with Crippen LogP contribution in [0.1, 0.15) is 61.9 Å². The molecule has 4 aromatic heterocycles. The minimum absolute atomic E-state index is 0. The maximum Gasteiger partial charge on any atom is 0.217 e. The molecule has 0 spiro atoms. The van der Waals surface area contributed by atoms with Crippen LogP contribution < -0.4 is 5.19 Å². The molecule has 291 valence electrons. The third kappa shape index (κ3) is 7.54. The summed E-state index contributed by atoms with van der Waals surface area (Å²) in [6.45, 7) is 18.1. The zero-order chi connectivity index (χ0) is 40.0. The van der Waals surface area contributed by atoms with Crippen molar-refractivity contribution < 1.29 is 24.5 Å². The first-order valence-electron chi connectivity index (χ1n) is 19.6. The Morgan fingerprint density at radius 2 is 1.57 bits per heavy atom. The van der Waals surface area contributed by atoms with Crippen molar-refractivity contribution in [1.82, 2.24) is 19.5 Å². The molecule has 0 saturated heterocycles. The van der Waals surface area contributed by atoms with Crippen LogP contribution in [-0.4, -0.2) is 27.6 Å². The van der Waals surface area contributed by atoms with Crippen LogP contribution in [0.5, 0.6) is 0 Å². The fraction of sp³-hybridized carbons (Fsp3) is 0.200. The van der Waals surface area contributed by atoms with Crippen molar-refractivity contribution in [2.75, 3.05) is 0 Å². The quantitative estimate of drug-likeness (QED) is 0.123. The van der Waals surface area contributed by atoms with Crippen molar-refractivity contribution in [1.29, 1.82) is 5.26 Å². The van der Waals surface area contributed by atoms with Crippen molar-refractivity contribution in [3.8, 4) is 34.4 Å². The van der Waals surface area contributed by atoms with Gasteiger partial charge in [0.05, 0.1) is 30.5 Å². The molecule has 0 fully saturated rings. The third-order valence-electron chi connectivity index (χ3n) is 10.6. The van der Waals surface area contributed by atoms with Crippen molar-refractivity contribution in [2.24, 2.45) is 0 Å². The fourth-order valence-corrected chi connectivity index (χ4v) is 8.63. The second-order valence-electron chi connectivity index (χ2n) is 16.3. The van der Waals surface area contributed by atoms with Gasteiger partial charge in [0.15, 0.2) is 0 Å². The molecule has 9 rings (SSSR count). The van der Waals surface area contributed by atoms with Gasteiger partial charge in [-0.3, -0.25) is 4.98 Å². The number of para-hydroxylation sites is 2. The van der Waals surface area contributed by atoms with Crippen LogP contribution in [0.25, 0.3) is 72.2 Å². The number of pyridine rings is 2. The average Bonchev–Trinajstić information content (AvgIpc) is 3.78. The number of hydrogen-bond donors (Lipinski definition) is 0.